The zero-order valence-corrected chi connectivity index (χ0v) is 13.9. The predicted octanol–water partition coefficient (Wildman–Crippen LogP) is 2.40. The molecular weight excluding hydrogens is 334 g/mol. The van der Waals surface area contributed by atoms with Crippen molar-refractivity contribution >= 4 is 35.0 Å². The number of benzene rings is 1. The highest BCUT2D eigenvalue weighted by Gasteiger charge is 2.41. The molecule has 1 aromatic rings. The number of carbonyl (C=O) groups excluding carboxylic acids is 3. The number of ether oxygens (including phenoxy) is 3. The van der Waals surface area contributed by atoms with Crippen LogP contribution in [0.5, 0.6) is 11.5 Å². The first-order chi connectivity index (χ1) is 11.5. The molecule has 2 aliphatic rings. The second-order valence-electron chi connectivity index (χ2n) is 5.09. The minimum Gasteiger partial charge on any atom is -0.464 e. The van der Waals surface area contributed by atoms with Crippen LogP contribution >= 0.6 is 11.8 Å². The van der Waals surface area contributed by atoms with Gasteiger partial charge in [-0.05, 0) is 49.4 Å². The highest BCUT2D eigenvalue weighted by atomic mass is 32.2. The lowest BCUT2D eigenvalue weighted by molar-refractivity contribution is -0.150. The first-order valence-electron chi connectivity index (χ1n) is 7.34. The van der Waals surface area contributed by atoms with E-state index in [2.05, 4.69) is 0 Å². The van der Waals surface area contributed by atoms with Crippen LogP contribution < -0.4 is 9.47 Å². The predicted molar refractivity (Wildman–Crippen MR) is 86.5 cm³/mol. The number of hydrogen-bond donors (Lipinski definition) is 0. The fourth-order valence-corrected chi connectivity index (χ4v) is 3.24. The summed E-state index contributed by atoms with van der Waals surface area (Å²) in [4.78, 5) is 37.5. The van der Waals surface area contributed by atoms with Gasteiger partial charge in [-0.25, -0.2) is 4.79 Å². The van der Waals surface area contributed by atoms with E-state index in [9.17, 15) is 14.4 Å². The van der Waals surface area contributed by atoms with Crippen LogP contribution in [0, 0.1) is 0 Å². The van der Waals surface area contributed by atoms with E-state index in [1.807, 2.05) is 0 Å². The topological polar surface area (TPSA) is 82.1 Å². The SMILES string of the molecule is CCOC(=O)C(C)N1C(=O)S/C(=C\c2ccc3c(c2)OCO3)C1=O. The van der Waals surface area contributed by atoms with E-state index in [4.69, 9.17) is 14.2 Å². The maximum atomic E-state index is 12.5. The second kappa shape index (κ2) is 6.56. The number of fused-ring (bicyclic) bond motifs is 1. The highest BCUT2D eigenvalue weighted by molar-refractivity contribution is 8.18. The molecule has 7 nitrogen and oxygen atoms in total. The van der Waals surface area contributed by atoms with Gasteiger partial charge in [0.15, 0.2) is 11.5 Å². The number of thioether (sulfide) groups is 1. The molecule has 1 unspecified atom stereocenters. The Labute approximate surface area is 142 Å². The summed E-state index contributed by atoms with van der Waals surface area (Å²) < 4.78 is 15.4. The molecule has 1 saturated heterocycles. The van der Waals surface area contributed by atoms with Crippen LogP contribution in [0.2, 0.25) is 0 Å². The van der Waals surface area contributed by atoms with E-state index in [1.165, 1.54) is 6.92 Å². The van der Waals surface area contributed by atoms with Crippen LogP contribution in [-0.4, -0.2) is 41.5 Å². The Balaban J connectivity index is 1.82. The third kappa shape index (κ3) is 2.96. The van der Waals surface area contributed by atoms with Gasteiger partial charge in [0.25, 0.3) is 11.1 Å². The molecule has 1 atom stereocenters. The molecule has 8 heteroatoms. The highest BCUT2D eigenvalue weighted by Crippen LogP contribution is 2.36. The molecule has 2 amide bonds. The van der Waals surface area contributed by atoms with Crippen molar-refractivity contribution in [2.75, 3.05) is 13.4 Å². The van der Waals surface area contributed by atoms with E-state index in [-0.39, 0.29) is 18.3 Å². The van der Waals surface area contributed by atoms with E-state index < -0.39 is 23.2 Å². The number of amides is 2. The van der Waals surface area contributed by atoms with Gasteiger partial charge in [0.2, 0.25) is 6.79 Å². The van der Waals surface area contributed by atoms with Crippen LogP contribution in [-0.2, 0) is 14.3 Å². The summed E-state index contributed by atoms with van der Waals surface area (Å²) in [6.07, 6.45) is 1.59. The summed E-state index contributed by atoms with van der Waals surface area (Å²) in [5.41, 5.74) is 0.702. The number of hydrogen-bond acceptors (Lipinski definition) is 7. The molecule has 3 rings (SSSR count). The largest absolute Gasteiger partial charge is 0.464 e. The molecule has 0 saturated carbocycles. The summed E-state index contributed by atoms with van der Waals surface area (Å²) in [6.45, 7) is 3.48. The minimum absolute atomic E-state index is 0.159. The van der Waals surface area contributed by atoms with Crippen molar-refractivity contribution in [1.29, 1.82) is 0 Å². The first kappa shape index (κ1) is 16.4. The molecule has 126 valence electrons. The molecule has 2 heterocycles. The van der Waals surface area contributed by atoms with Crippen molar-refractivity contribution in [3.63, 3.8) is 0 Å². The molecule has 1 aromatic carbocycles. The maximum absolute atomic E-state index is 12.5. The Morgan fingerprint density at radius 1 is 1.38 bits per heavy atom. The van der Waals surface area contributed by atoms with Gasteiger partial charge in [0.05, 0.1) is 11.5 Å². The van der Waals surface area contributed by atoms with Gasteiger partial charge in [-0.1, -0.05) is 6.07 Å². The van der Waals surface area contributed by atoms with Crippen LogP contribution in [0.15, 0.2) is 23.1 Å². The fraction of sp³-hybridized carbons (Fsp3) is 0.312. The van der Waals surface area contributed by atoms with Gasteiger partial charge in [0.1, 0.15) is 6.04 Å². The normalized spacial score (nSPS) is 19.1. The van der Waals surface area contributed by atoms with Gasteiger partial charge in [-0.15, -0.1) is 0 Å². The second-order valence-corrected chi connectivity index (χ2v) is 6.09. The summed E-state index contributed by atoms with van der Waals surface area (Å²) >= 11 is 0.792. The smallest absolute Gasteiger partial charge is 0.329 e. The molecule has 0 bridgehead atoms. The average Bonchev–Trinajstić information content (AvgIpc) is 3.11. The van der Waals surface area contributed by atoms with E-state index >= 15 is 0 Å². The number of nitrogens with zero attached hydrogens (tertiary/aromatic N) is 1. The van der Waals surface area contributed by atoms with Crippen molar-refractivity contribution in [2.45, 2.75) is 19.9 Å². The van der Waals surface area contributed by atoms with Crippen LogP contribution in [0.3, 0.4) is 0 Å². The van der Waals surface area contributed by atoms with Gasteiger partial charge in [-0.2, -0.15) is 0 Å². The summed E-state index contributed by atoms with van der Waals surface area (Å²) in [5.74, 6) is 0.103. The van der Waals surface area contributed by atoms with E-state index in [1.54, 1.807) is 31.2 Å². The third-order valence-electron chi connectivity index (χ3n) is 3.53. The molecule has 24 heavy (non-hydrogen) atoms. The van der Waals surface area contributed by atoms with Gasteiger partial charge in [-0.3, -0.25) is 14.5 Å². The Morgan fingerprint density at radius 2 is 2.12 bits per heavy atom. The van der Waals surface area contributed by atoms with Crippen molar-refractivity contribution in [1.82, 2.24) is 4.90 Å². The monoisotopic (exact) mass is 349 g/mol. The maximum Gasteiger partial charge on any atom is 0.329 e. The van der Waals surface area contributed by atoms with Crippen molar-refractivity contribution in [3.05, 3.63) is 28.7 Å². The van der Waals surface area contributed by atoms with Gasteiger partial charge < -0.3 is 14.2 Å². The standard InChI is InChI=1S/C16H15NO6S/c1-3-21-15(19)9(2)17-14(18)13(24-16(17)20)7-10-4-5-11-12(6-10)23-8-22-11/h4-7,9H,3,8H2,1-2H3/b13-7-. The molecule has 0 aromatic heterocycles. The zero-order chi connectivity index (χ0) is 17.3. The van der Waals surface area contributed by atoms with Gasteiger partial charge in [0, 0.05) is 0 Å². The first-order valence-corrected chi connectivity index (χ1v) is 8.16. The molecule has 0 N–H and O–H groups in total. The Bertz CT molecular complexity index is 744. The Hall–Kier alpha value is -2.48. The average molecular weight is 349 g/mol. The molecule has 1 fully saturated rings. The van der Waals surface area contributed by atoms with E-state index in [0.717, 1.165) is 16.7 Å². The van der Waals surface area contributed by atoms with Crippen LogP contribution in [0.25, 0.3) is 6.08 Å². The Kier molecular flexibility index (Phi) is 4.48. The lowest BCUT2D eigenvalue weighted by Gasteiger charge is -2.19. The van der Waals surface area contributed by atoms with E-state index in [0.29, 0.717) is 17.1 Å². The Morgan fingerprint density at radius 3 is 2.88 bits per heavy atom. The molecule has 0 radical (unpaired) electrons. The minimum atomic E-state index is -0.958. The lowest BCUT2D eigenvalue weighted by Crippen LogP contribution is -2.42. The molecule has 0 spiro atoms. The molecule has 0 aliphatic carbocycles. The number of imide groups is 1. The number of esters is 1. The van der Waals surface area contributed by atoms with Crippen molar-refractivity contribution < 1.29 is 28.6 Å². The summed E-state index contributed by atoms with van der Waals surface area (Å²) in [6, 6.07) is 4.26. The third-order valence-corrected chi connectivity index (χ3v) is 4.42. The van der Waals surface area contributed by atoms with Crippen LogP contribution in [0.1, 0.15) is 19.4 Å². The number of carbonyl (C=O) groups is 3. The molecular formula is C16H15NO6S. The number of rotatable bonds is 4. The zero-order valence-electron chi connectivity index (χ0n) is 13.1. The summed E-state index contributed by atoms with van der Waals surface area (Å²) in [7, 11) is 0. The fourth-order valence-electron chi connectivity index (χ4n) is 2.34. The van der Waals surface area contributed by atoms with Crippen molar-refractivity contribution in [3.8, 4) is 11.5 Å². The quantitative estimate of drug-likeness (QED) is 0.610. The van der Waals surface area contributed by atoms with Crippen LogP contribution in [0.4, 0.5) is 4.79 Å². The molecule has 2 aliphatic heterocycles. The summed E-state index contributed by atoms with van der Waals surface area (Å²) in [5, 5.41) is -0.493. The van der Waals surface area contributed by atoms with Gasteiger partial charge >= 0.3 is 5.97 Å². The lowest BCUT2D eigenvalue weighted by atomic mass is 10.2. The van der Waals surface area contributed by atoms with Crippen molar-refractivity contribution in [2.24, 2.45) is 0 Å².